The number of carbonyl (C=O) groups excluding carboxylic acids is 1. The molecule has 0 saturated carbocycles. The number of aromatic nitrogens is 3. The Bertz CT molecular complexity index is 961. The molecule has 0 spiro atoms. The van der Waals surface area contributed by atoms with Gasteiger partial charge in [-0.15, -0.1) is 10.2 Å². The highest BCUT2D eigenvalue weighted by molar-refractivity contribution is 9.10. The predicted octanol–water partition coefficient (Wildman–Crippen LogP) is 3.40. The van der Waals surface area contributed by atoms with Gasteiger partial charge >= 0.3 is 0 Å². The summed E-state index contributed by atoms with van der Waals surface area (Å²) in [5.74, 6) is 7.33. The minimum atomic E-state index is -0.109. The Morgan fingerprint density at radius 1 is 1.25 bits per heavy atom. The molecule has 0 aliphatic heterocycles. The molecule has 3 aromatic rings. The van der Waals surface area contributed by atoms with E-state index in [0.29, 0.717) is 16.7 Å². The fraction of sp³-hybridized carbons (Fsp3) is 0.211. The minimum absolute atomic E-state index is 0.0962. The van der Waals surface area contributed by atoms with Crippen LogP contribution in [-0.2, 0) is 4.79 Å². The quantitative estimate of drug-likeness (QED) is 0.413. The van der Waals surface area contributed by atoms with Crippen LogP contribution in [0.2, 0.25) is 0 Å². The van der Waals surface area contributed by atoms with Crippen molar-refractivity contribution in [3.05, 3.63) is 58.6 Å². The number of amides is 1. The molecular formula is C19H20BrN5O2S. The van der Waals surface area contributed by atoms with Crippen molar-refractivity contribution in [1.29, 1.82) is 0 Å². The summed E-state index contributed by atoms with van der Waals surface area (Å²) in [6.07, 6.45) is 0. The largest absolute Gasteiger partial charge is 0.496 e. The molecule has 0 aliphatic carbocycles. The normalized spacial score (nSPS) is 11.8. The molecule has 28 heavy (non-hydrogen) atoms. The molecule has 0 fully saturated rings. The van der Waals surface area contributed by atoms with Gasteiger partial charge in [-0.25, -0.2) is 4.68 Å². The smallest absolute Gasteiger partial charge is 0.230 e. The maximum absolute atomic E-state index is 12.3. The zero-order valence-electron chi connectivity index (χ0n) is 15.4. The minimum Gasteiger partial charge on any atom is -0.496 e. The van der Waals surface area contributed by atoms with E-state index in [2.05, 4.69) is 31.4 Å². The van der Waals surface area contributed by atoms with Gasteiger partial charge in [0.1, 0.15) is 5.75 Å². The predicted molar refractivity (Wildman–Crippen MR) is 114 cm³/mol. The number of methoxy groups -OCH3 is 1. The third-order valence-electron chi connectivity index (χ3n) is 4.09. The van der Waals surface area contributed by atoms with Gasteiger partial charge in [0.25, 0.3) is 0 Å². The molecule has 3 N–H and O–H groups in total. The number of benzene rings is 2. The highest BCUT2D eigenvalue weighted by Crippen LogP contribution is 2.29. The molecule has 0 radical (unpaired) electrons. The lowest BCUT2D eigenvalue weighted by Gasteiger charge is -2.14. The summed E-state index contributed by atoms with van der Waals surface area (Å²) in [6.45, 7) is 1.94. The van der Waals surface area contributed by atoms with Gasteiger partial charge in [0.15, 0.2) is 5.82 Å². The molecule has 0 bridgehead atoms. The van der Waals surface area contributed by atoms with Gasteiger partial charge in [-0.2, -0.15) is 0 Å². The number of carbonyl (C=O) groups is 1. The monoisotopic (exact) mass is 461 g/mol. The number of nitrogens with zero attached hydrogens (tertiary/aromatic N) is 3. The van der Waals surface area contributed by atoms with Crippen molar-refractivity contribution in [2.45, 2.75) is 18.1 Å². The van der Waals surface area contributed by atoms with Crippen molar-refractivity contribution in [2.75, 3.05) is 18.7 Å². The van der Waals surface area contributed by atoms with Crippen molar-refractivity contribution in [1.82, 2.24) is 20.2 Å². The van der Waals surface area contributed by atoms with Gasteiger partial charge in [-0.1, -0.05) is 52.0 Å². The zero-order chi connectivity index (χ0) is 20.1. The van der Waals surface area contributed by atoms with Crippen LogP contribution in [0.5, 0.6) is 5.75 Å². The second-order valence-corrected chi connectivity index (χ2v) is 7.86. The van der Waals surface area contributed by atoms with Crippen molar-refractivity contribution in [2.24, 2.45) is 0 Å². The van der Waals surface area contributed by atoms with Crippen molar-refractivity contribution in [3.63, 3.8) is 0 Å². The molecular weight excluding hydrogens is 442 g/mol. The molecule has 1 unspecified atom stereocenters. The van der Waals surface area contributed by atoms with Crippen LogP contribution in [0.25, 0.3) is 11.4 Å². The number of thioether (sulfide) groups is 1. The number of halogens is 1. The Labute approximate surface area is 175 Å². The molecule has 1 atom stereocenters. The van der Waals surface area contributed by atoms with E-state index in [9.17, 15) is 4.79 Å². The second-order valence-electron chi connectivity index (χ2n) is 6.01. The third kappa shape index (κ3) is 4.66. The van der Waals surface area contributed by atoms with Crippen LogP contribution >= 0.6 is 27.7 Å². The average molecular weight is 462 g/mol. The highest BCUT2D eigenvalue weighted by Gasteiger charge is 2.17. The van der Waals surface area contributed by atoms with E-state index >= 15 is 0 Å². The molecule has 1 amide bonds. The summed E-state index contributed by atoms with van der Waals surface area (Å²) in [6, 6.07) is 15.2. The van der Waals surface area contributed by atoms with Gasteiger partial charge < -0.3 is 15.9 Å². The molecule has 1 aromatic heterocycles. The molecule has 9 heteroatoms. The maximum atomic E-state index is 12.3. The van der Waals surface area contributed by atoms with Gasteiger partial charge in [0.2, 0.25) is 11.1 Å². The summed E-state index contributed by atoms with van der Waals surface area (Å²) >= 11 is 4.63. The first-order chi connectivity index (χ1) is 13.5. The Morgan fingerprint density at radius 3 is 2.68 bits per heavy atom. The highest BCUT2D eigenvalue weighted by atomic mass is 79.9. The fourth-order valence-corrected chi connectivity index (χ4v) is 3.57. The maximum Gasteiger partial charge on any atom is 0.230 e. The summed E-state index contributed by atoms with van der Waals surface area (Å²) < 4.78 is 7.71. The summed E-state index contributed by atoms with van der Waals surface area (Å²) in [5.41, 5.74) is 1.77. The number of para-hydroxylation sites is 1. The van der Waals surface area contributed by atoms with Crippen LogP contribution in [0.15, 0.2) is 58.2 Å². The molecule has 3 rings (SSSR count). The number of hydrogen-bond acceptors (Lipinski definition) is 6. The van der Waals surface area contributed by atoms with Crippen molar-refractivity contribution < 1.29 is 9.53 Å². The summed E-state index contributed by atoms with van der Waals surface area (Å²) in [5, 5.41) is 11.7. The van der Waals surface area contributed by atoms with Crippen LogP contribution in [0, 0.1) is 0 Å². The lowest BCUT2D eigenvalue weighted by molar-refractivity contribution is -0.119. The summed E-state index contributed by atoms with van der Waals surface area (Å²) in [7, 11) is 1.59. The number of nitrogens with one attached hydrogen (secondary N) is 1. The fourth-order valence-electron chi connectivity index (χ4n) is 2.64. The van der Waals surface area contributed by atoms with Crippen LogP contribution in [-0.4, -0.2) is 33.6 Å². The van der Waals surface area contributed by atoms with E-state index in [1.165, 1.54) is 16.4 Å². The number of nitrogen functional groups attached to an aromatic ring is 1. The van der Waals surface area contributed by atoms with Gasteiger partial charge in [-0.05, 0) is 36.8 Å². The first kappa shape index (κ1) is 20.2. The molecule has 7 nitrogen and oxygen atoms in total. The van der Waals surface area contributed by atoms with E-state index in [1.807, 2.05) is 55.5 Å². The first-order valence-corrected chi connectivity index (χ1v) is 10.3. The average Bonchev–Trinajstić information content (AvgIpc) is 3.07. The lowest BCUT2D eigenvalue weighted by atomic mass is 10.1. The van der Waals surface area contributed by atoms with E-state index in [4.69, 9.17) is 10.6 Å². The molecule has 0 saturated heterocycles. The van der Waals surface area contributed by atoms with Gasteiger partial charge in [0, 0.05) is 4.47 Å². The van der Waals surface area contributed by atoms with Crippen molar-refractivity contribution >= 4 is 33.6 Å². The van der Waals surface area contributed by atoms with E-state index in [1.54, 1.807) is 7.11 Å². The second kappa shape index (κ2) is 9.11. The van der Waals surface area contributed by atoms with Gasteiger partial charge in [-0.3, -0.25) is 4.79 Å². The van der Waals surface area contributed by atoms with E-state index in [0.717, 1.165) is 15.6 Å². The van der Waals surface area contributed by atoms with Crippen LogP contribution in [0.3, 0.4) is 0 Å². The third-order valence-corrected chi connectivity index (χ3v) is 5.56. The first-order valence-electron chi connectivity index (χ1n) is 8.51. The molecule has 0 aliphatic rings. The number of nitrogens with two attached hydrogens (primary N) is 1. The Morgan fingerprint density at radius 2 is 1.96 bits per heavy atom. The molecule has 146 valence electrons. The zero-order valence-corrected chi connectivity index (χ0v) is 17.8. The Hall–Kier alpha value is -2.52. The topological polar surface area (TPSA) is 95.1 Å². The van der Waals surface area contributed by atoms with E-state index in [-0.39, 0.29) is 17.7 Å². The van der Waals surface area contributed by atoms with Crippen LogP contribution < -0.4 is 15.9 Å². The SMILES string of the molecule is COc1ccccc1-c1nnc(SCC(=O)NC(C)c2ccc(Br)cc2)n1N. The van der Waals surface area contributed by atoms with Crippen molar-refractivity contribution in [3.8, 4) is 17.1 Å². The Balaban J connectivity index is 1.63. The number of hydrogen-bond donors (Lipinski definition) is 2. The molecule has 2 aromatic carbocycles. The van der Waals surface area contributed by atoms with Crippen LogP contribution in [0.1, 0.15) is 18.5 Å². The Kier molecular flexibility index (Phi) is 6.58. The lowest BCUT2D eigenvalue weighted by Crippen LogP contribution is -2.28. The van der Waals surface area contributed by atoms with Gasteiger partial charge in [0.05, 0.1) is 24.5 Å². The number of rotatable bonds is 7. The van der Waals surface area contributed by atoms with E-state index < -0.39 is 0 Å². The number of ether oxygens (including phenoxy) is 1. The molecule has 1 heterocycles. The standard InChI is InChI=1S/C19H20BrN5O2S/c1-12(13-7-9-14(20)10-8-13)22-17(26)11-28-19-24-23-18(25(19)21)15-5-3-4-6-16(15)27-2/h3-10,12H,11,21H2,1-2H3,(H,22,26). The summed E-state index contributed by atoms with van der Waals surface area (Å²) in [4.78, 5) is 12.3. The van der Waals surface area contributed by atoms with Crippen LogP contribution in [0.4, 0.5) is 0 Å².